The molecule has 2 aliphatic heterocycles. The van der Waals surface area contributed by atoms with Crippen LogP contribution in [0.2, 0.25) is 0 Å². The first-order valence-electron chi connectivity index (χ1n) is 11.4. The monoisotopic (exact) mass is 483 g/mol. The number of carbonyl (C=O) groups is 1. The fraction of sp³-hybridized carbons (Fsp3) is 0.400. The SMILES string of the molecule is COc1ccc2c3c([nH]c2c1)[C@@H](CO)N(C(C)=O)CC31CCN(S(=O)(=O)c2ccccc2)CC1. The third kappa shape index (κ3) is 3.50. The van der Waals surface area contributed by atoms with Crippen molar-refractivity contribution in [3.05, 3.63) is 59.8 Å². The molecule has 1 spiro atoms. The number of nitrogens with zero attached hydrogens (tertiary/aromatic N) is 2. The van der Waals surface area contributed by atoms with Gasteiger partial charge in [-0.1, -0.05) is 18.2 Å². The summed E-state index contributed by atoms with van der Waals surface area (Å²) in [6.07, 6.45) is 1.15. The fourth-order valence-electron chi connectivity index (χ4n) is 5.64. The van der Waals surface area contributed by atoms with Crippen LogP contribution in [0.5, 0.6) is 5.75 Å². The Morgan fingerprint density at radius 1 is 1.18 bits per heavy atom. The summed E-state index contributed by atoms with van der Waals surface area (Å²) in [5.74, 6) is 0.604. The second-order valence-electron chi connectivity index (χ2n) is 9.17. The van der Waals surface area contributed by atoms with Crippen molar-refractivity contribution in [1.82, 2.24) is 14.2 Å². The van der Waals surface area contributed by atoms with Gasteiger partial charge in [-0.25, -0.2) is 8.42 Å². The van der Waals surface area contributed by atoms with Gasteiger partial charge in [-0.15, -0.1) is 0 Å². The van der Waals surface area contributed by atoms with E-state index in [9.17, 15) is 18.3 Å². The normalized spacial score (nSPS) is 20.4. The predicted molar refractivity (Wildman–Crippen MR) is 128 cm³/mol. The van der Waals surface area contributed by atoms with Crippen LogP contribution in [-0.2, 0) is 20.2 Å². The molecule has 180 valence electrons. The average molecular weight is 484 g/mol. The predicted octanol–water partition coefficient (Wildman–Crippen LogP) is 2.79. The highest BCUT2D eigenvalue weighted by atomic mass is 32.2. The number of benzene rings is 2. The summed E-state index contributed by atoms with van der Waals surface area (Å²) in [4.78, 5) is 18.1. The molecule has 2 aliphatic rings. The molecule has 1 atom stereocenters. The molecule has 0 bridgehead atoms. The minimum absolute atomic E-state index is 0.111. The van der Waals surface area contributed by atoms with Crippen LogP contribution in [0.4, 0.5) is 0 Å². The van der Waals surface area contributed by atoms with E-state index in [0.29, 0.717) is 43.1 Å². The van der Waals surface area contributed by atoms with Gasteiger partial charge in [0.25, 0.3) is 0 Å². The largest absolute Gasteiger partial charge is 0.497 e. The molecule has 1 aromatic heterocycles. The maximum atomic E-state index is 13.2. The van der Waals surface area contributed by atoms with E-state index in [1.807, 2.05) is 18.2 Å². The number of sulfonamides is 1. The van der Waals surface area contributed by atoms with Gasteiger partial charge in [0.05, 0.1) is 24.7 Å². The van der Waals surface area contributed by atoms with E-state index in [0.717, 1.165) is 22.2 Å². The zero-order chi connectivity index (χ0) is 24.1. The molecule has 0 radical (unpaired) electrons. The molecule has 9 heteroatoms. The molecule has 2 aromatic carbocycles. The molecule has 34 heavy (non-hydrogen) atoms. The van der Waals surface area contributed by atoms with E-state index in [-0.39, 0.29) is 12.5 Å². The lowest BCUT2D eigenvalue weighted by Crippen LogP contribution is -2.55. The highest BCUT2D eigenvalue weighted by molar-refractivity contribution is 7.89. The molecular weight excluding hydrogens is 454 g/mol. The van der Waals surface area contributed by atoms with Gasteiger partial charge in [0.2, 0.25) is 15.9 Å². The van der Waals surface area contributed by atoms with Crippen molar-refractivity contribution in [2.24, 2.45) is 0 Å². The number of aliphatic hydroxyl groups excluding tert-OH is 1. The van der Waals surface area contributed by atoms with Crippen LogP contribution >= 0.6 is 0 Å². The van der Waals surface area contributed by atoms with E-state index in [2.05, 4.69) is 4.98 Å². The van der Waals surface area contributed by atoms with Gasteiger partial charge in [0.1, 0.15) is 5.75 Å². The molecule has 1 saturated heterocycles. The number of piperidine rings is 1. The minimum Gasteiger partial charge on any atom is -0.497 e. The molecule has 1 amide bonds. The summed E-state index contributed by atoms with van der Waals surface area (Å²) in [5, 5.41) is 11.2. The number of H-pyrrole nitrogens is 1. The molecule has 8 nitrogen and oxygen atoms in total. The molecule has 1 fully saturated rings. The average Bonchev–Trinajstić information content (AvgIpc) is 3.24. The zero-order valence-corrected chi connectivity index (χ0v) is 20.1. The summed E-state index contributed by atoms with van der Waals surface area (Å²) in [5.41, 5.74) is 2.37. The maximum Gasteiger partial charge on any atom is 0.243 e. The standard InChI is InChI=1S/C25H29N3O5S/c1-17(30)28-16-25(10-12-27(13-11-25)34(31,32)19-6-4-3-5-7-19)23-20-9-8-18(33-2)14-21(20)26-24(23)22(28)15-29/h3-9,14,22,26,29H,10-13,15-16H2,1-2H3/t22-/m1/s1. The quantitative estimate of drug-likeness (QED) is 0.594. The lowest BCUT2D eigenvalue weighted by atomic mass is 9.68. The maximum absolute atomic E-state index is 13.2. The van der Waals surface area contributed by atoms with Crippen LogP contribution in [0.25, 0.3) is 10.9 Å². The third-order valence-electron chi connectivity index (χ3n) is 7.39. The number of ether oxygens (including phenoxy) is 1. The number of amides is 1. The Kier molecular flexibility index (Phi) is 5.66. The van der Waals surface area contributed by atoms with Crippen molar-refractivity contribution in [2.75, 3.05) is 33.4 Å². The van der Waals surface area contributed by atoms with Crippen molar-refractivity contribution in [3.63, 3.8) is 0 Å². The molecule has 0 unspecified atom stereocenters. The smallest absolute Gasteiger partial charge is 0.243 e. The van der Waals surface area contributed by atoms with Crippen molar-refractivity contribution in [1.29, 1.82) is 0 Å². The lowest BCUT2D eigenvalue weighted by Gasteiger charge is -2.49. The van der Waals surface area contributed by atoms with Gasteiger partial charge in [-0.2, -0.15) is 4.31 Å². The third-order valence-corrected chi connectivity index (χ3v) is 9.30. The van der Waals surface area contributed by atoms with Gasteiger partial charge >= 0.3 is 0 Å². The first-order chi connectivity index (χ1) is 16.3. The van der Waals surface area contributed by atoms with E-state index < -0.39 is 21.5 Å². The van der Waals surface area contributed by atoms with E-state index >= 15 is 0 Å². The molecule has 3 aromatic rings. The highest BCUT2D eigenvalue weighted by Gasteiger charge is 2.49. The van der Waals surface area contributed by atoms with Crippen LogP contribution < -0.4 is 4.74 Å². The van der Waals surface area contributed by atoms with E-state index in [1.54, 1.807) is 46.6 Å². The number of methoxy groups -OCH3 is 1. The number of carbonyl (C=O) groups excluding carboxylic acids is 1. The summed E-state index contributed by atoms with van der Waals surface area (Å²) in [6, 6.07) is 13.9. The van der Waals surface area contributed by atoms with Crippen molar-refractivity contribution < 1.29 is 23.1 Å². The Bertz CT molecular complexity index is 1330. The van der Waals surface area contributed by atoms with E-state index in [1.165, 1.54) is 6.92 Å². The van der Waals surface area contributed by atoms with Crippen molar-refractivity contribution >= 4 is 26.8 Å². The second kappa shape index (κ2) is 8.41. The minimum atomic E-state index is -3.59. The number of hydrogen-bond donors (Lipinski definition) is 2. The topological polar surface area (TPSA) is 103 Å². The van der Waals surface area contributed by atoms with Crippen LogP contribution in [0.3, 0.4) is 0 Å². The van der Waals surface area contributed by atoms with Crippen molar-refractivity contribution in [2.45, 2.75) is 36.1 Å². The summed E-state index contributed by atoms with van der Waals surface area (Å²) >= 11 is 0. The molecule has 0 aliphatic carbocycles. The number of hydrogen-bond acceptors (Lipinski definition) is 5. The van der Waals surface area contributed by atoms with Crippen LogP contribution in [0.15, 0.2) is 53.4 Å². The summed E-state index contributed by atoms with van der Waals surface area (Å²) in [6.45, 7) is 2.48. The Morgan fingerprint density at radius 3 is 2.50 bits per heavy atom. The Hall–Kier alpha value is -2.88. The van der Waals surface area contributed by atoms with Crippen LogP contribution in [0, 0.1) is 0 Å². The highest BCUT2D eigenvalue weighted by Crippen LogP contribution is 2.49. The Morgan fingerprint density at radius 2 is 1.88 bits per heavy atom. The Labute approximate surface area is 199 Å². The van der Waals surface area contributed by atoms with Crippen LogP contribution in [-0.4, -0.2) is 67.0 Å². The molecule has 0 saturated carbocycles. The van der Waals surface area contributed by atoms with Gasteiger partial charge in [0.15, 0.2) is 0 Å². The van der Waals surface area contributed by atoms with Crippen molar-refractivity contribution in [3.8, 4) is 5.75 Å². The first-order valence-corrected chi connectivity index (χ1v) is 12.9. The molecule has 2 N–H and O–H groups in total. The first kappa shape index (κ1) is 22.9. The van der Waals surface area contributed by atoms with E-state index in [4.69, 9.17) is 4.74 Å². The van der Waals surface area contributed by atoms with Gasteiger partial charge in [0, 0.05) is 54.6 Å². The van der Waals surface area contributed by atoms with Gasteiger partial charge < -0.3 is 19.7 Å². The molecule has 5 rings (SSSR count). The number of fused-ring (bicyclic) bond motifs is 4. The van der Waals surface area contributed by atoms with Gasteiger partial charge in [-0.05, 0) is 42.7 Å². The number of aliphatic hydroxyl groups is 1. The lowest BCUT2D eigenvalue weighted by molar-refractivity contribution is -0.134. The summed E-state index contributed by atoms with van der Waals surface area (Å²) < 4.78 is 33.4. The van der Waals surface area contributed by atoms with Crippen LogP contribution in [0.1, 0.15) is 37.1 Å². The number of rotatable bonds is 4. The van der Waals surface area contributed by atoms with Gasteiger partial charge in [-0.3, -0.25) is 4.79 Å². The number of aromatic nitrogens is 1. The Balaban J connectivity index is 1.57. The summed E-state index contributed by atoms with van der Waals surface area (Å²) in [7, 11) is -1.98. The molecule has 3 heterocycles. The number of nitrogens with one attached hydrogen (secondary N) is 1. The zero-order valence-electron chi connectivity index (χ0n) is 19.3. The number of aromatic amines is 1. The molecular formula is C25H29N3O5S. The second-order valence-corrected chi connectivity index (χ2v) is 11.1. The fourth-order valence-corrected chi connectivity index (χ4v) is 7.10.